The lowest BCUT2D eigenvalue weighted by atomic mass is 10.1. The van der Waals surface area contributed by atoms with E-state index in [0.29, 0.717) is 0 Å². The number of nitrogens with zero attached hydrogens (tertiary/aromatic N) is 1. The monoisotopic (exact) mass is 204 g/mol. The van der Waals surface area contributed by atoms with Gasteiger partial charge in [-0.05, 0) is 6.07 Å². The Morgan fingerprint density at radius 1 is 1.43 bits per heavy atom. The third kappa shape index (κ3) is 2.22. The Morgan fingerprint density at radius 2 is 2.07 bits per heavy atom. The van der Waals surface area contributed by atoms with Gasteiger partial charge in [-0.25, -0.2) is 9.37 Å². The third-order valence-electron chi connectivity index (χ3n) is 1.76. The summed E-state index contributed by atoms with van der Waals surface area (Å²) in [6.07, 6.45) is -1.63. The predicted molar refractivity (Wildman–Crippen MR) is 44.2 cm³/mol. The number of hydrogen-bond acceptors (Lipinski definition) is 4. The van der Waals surface area contributed by atoms with Gasteiger partial charge in [0, 0.05) is 18.3 Å². The van der Waals surface area contributed by atoms with Gasteiger partial charge in [-0.15, -0.1) is 0 Å². The Hall–Kier alpha value is -1.11. The largest absolute Gasteiger partial charge is 0.389 e. The van der Waals surface area contributed by atoms with E-state index < -0.39 is 24.0 Å². The molecule has 0 bridgehead atoms. The van der Waals surface area contributed by atoms with Crippen LogP contribution in [0.5, 0.6) is 0 Å². The van der Waals surface area contributed by atoms with E-state index in [2.05, 4.69) is 4.98 Å². The van der Waals surface area contributed by atoms with Gasteiger partial charge >= 0.3 is 0 Å². The van der Waals surface area contributed by atoms with Gasteiger partial charge in [-0.3, -0.25) is 0 Å². The third-order valence-corrected chi connectivity index (χ3v) is 1.76. The molecule has 1 aromatic rings. The van der Waals surface area contributed by atoms with Crippen molar-refractivity contribution in [2.45, 2.75) is 12.2 Å². The van der Waals surface area contributed by atoms with Crippen molar-refractivity contribution in [2.75, 3.05) is 6.54 Å². The molecule has 1 heterocycles. The zero-order valence-corrected chi connectivity index (χ0v) is 7.19. The van der Waals surface area contributed by atoms with Crippen molar-refractivity contribution >= 4 is 0 Å². The molecule has 0 aromatic carbocycles. The number of aliphatic hydroxyl groups excluding tert-OH is 2. The van der Waals surface area contributed by atoms with Gasteiger partial charge in [-0.1, -0.05) is 0 Å². The second-order valence-corrected chi connectivity index (χ2v) is 2.79. The predicted octanol–water partition coefficient (Wildman–Crippen LogP) is -0.287. The summed E-state index contributed by atoms with van der Waals surface area (Å²) in [6.45, 7) is -0.180. The average Bonchev–Trinajstić information content (AvgIpc) is 2.20. The maximum atomic E-state index is 12.6. The van der Waals surface area contributed by atoms with Crippen LogP contribution >= 0.6 is 0 Å². The van der Waals surface area contributed by atoms with Crippen molar-refractivity contribution in [3.63, 3.8) is 0 Å². The molecule has 0 aliphatic rings. The lowest BCUT2D eigenvalue weighted by molar-refractivity contribution is 0.0238. The summed E-state index contributed by atoms with van der Waals surface area (Å²) in [6, 6.07) is 0.770. The molecule has 78 valence electrons. The second-order valence-electron chi connectivity index (χ2n) is 2.79. The van der Waals surface area contributed by atoms with Crippen LogP contribution in [-0.2, 0) is 0 Å². The molecule has 0 aliphatic carbocycles. The minimum absolute atomic E-state index is 0.0122. The molecule has 2 unspecified atom stereocenters. The fourth-order valence-corrected chi connectivity index (χ4v) is 0.949. The van der Waals surface area contributed by atoms with E-state index in [1.165, 1.54) is 0 Å². The summed E-state index contributed by atoms with van der Waals surface area (Å²) in [5.74, 6) is -2.42. The van der Waals surface area contributed by atoms with Crippen LogP contribution in [0.4, 0.5) is 8.78 Å². The molecule has 0 aliphatic heterocycles. The minimum Gasteiger partial charge on any atom is -0.389 e. The number of halogens is 2. The van der Waals surface area contributed by atoms with E-state index in [4.69, 9.17) is 10.8 Å². The minimum atomic E-state index is -1.36. The SMILES string of the molecule is NCC(O)C(O)c1cnc(F)c(F)c1. The van der Waals surface area contributed by atoms with Crippen LogP contribution in [0.1, 0.15) is 11.7 Å². The fourth-order valence-electron chi connectivity index (χ4n) is 0.949. The number of rotatable bonds is 3. The highest BCUT2D eigenvalue weighted by atomic mass is 19.2. The molecule has 0 saturated carbocycles. The normalized spacial score (nSPS) is 15.2. The molecular weight excluding hydrogens is 194 g/mol. The van der Waals surface area contributed by atoms with Gasteiger partial charge < -0.3 is 15.9 Å². The summed E-state index contributed by atoms with van der Waals surface area (Å²) in [5, 5.41) is 18.5. The van der Waals surface area contributed by atoms with Crippen molar-refractivity contribution in [1.82, 2.24) is 4.98 Å². The smallest absolute Gasteiger partial charge is 0.248 e. The van der Waals surface area contributed by atoms with E-state index in [9.17, 15) is 13.9 Å². The first-order chi connectivity index (χ1) is 6.56. The Balaban J connectivity index is 2.91. The molecule has 1 rings (SSSR count). The second kappa shape index (κ2) is 4.41. The molecule has 4 nitrogen and oxygen atoms in total. The van der Waals surface area contributed by atoms with Crippen LogP contribution in [-0.4, -0.2) is 27.8 Å². The molecule has 1 aromatic heterocycles. The van der Waals surface area contributed by atoms with Crippen LogP contribution in [0, 0.1) is 11.8 Å². The highest BCUT2D eigenvalue weighted by Gasteiger charge is 2.18. The van der Waals surface area contributed by atoms with Crippen LogP contribution in [0.15, 0.2) is 12.3 Å². The van der Waals surface area contributed by atoms with Gasteiger partial charge in [0.2, 0.25) is 5.95 Å². The standard InChI is InChI=1S/C8H10F2N2O2/c9-5-1-4(3-12-8(5)10)7(14)6(13)2-11/h1,3,6-7,13-14H,2,11H2. The number of aliphatic hydroxyl groups is 2. The van der Waals surface area contributed by atoms with Gasteiger partial charge in [0.05, 0.1) is 6.10 Å². The zero-order valence-electron chi connectivity index (χ0n) is 7.19. The molecule has 0 amide bonds. The molecule has 4 N–H and O–H groups in total. The first-order valence-electron chi connectivity index (χ1n) is 3.93. The highest BCUT2D eigenvalue weighted by Crippen LogP contribution is 2.17. The summed E-state index contributed by atoms with van der Waals surface area (Å²) in [4.78, 5) is 3.06. The number of aromatic nitrogens is 1. The van der Waals surface area contributed by atoms with Crippen molar-refractivity contribution in [3.8, 4) is 0 Å². The first kappa shape index (κ1) is 11.0. The Labute approximate surface area is 79.0 Å². The summed E-state index contributed by atoms with van der Waals surface area (Å²) < 4.78 is 25.0. The molecule has 0 fully saturated rings. The molecule has 0 radical (unpaired) electrons. The molecule has 14 heavy (non-hydrogen) atoms. The van der Waals surface area contributed by atoms with E-state index in [0.717, 1.165) is 12.3 Å². The summed E-state index contributed by atoms with van der Waals surface area (Å²) in [5.41, 5.74) is 5.07. The zero-order chi connectivity index (χ0) is 10.7. The number of hydrogen-bond donors (Lipinski definition) is 3. The average molecular weight is 204 g/mol. The quantitative estimate of drug-likeness (QED) is 0.591. The van der Waals surface area contributed by atoms with Gasteiger partial charge in [-0.2, -0.15) is 4.39 Å². The lowest BCUT2D eigenvalue weighted by Gasteiger charge is -2.15. The number of pyridine rings is 1. The first-order valence-corrected chi connectivity index (χ1v) is 3.93. The Kier molecular flexibility index (Phi) is 3.45. The Morgan fingerprint density at radius 3 is 2.57 bits per heavy atom. The van der Waals surface area contributed by atoms with E-state index in [1.54, 1.807) is 0 Å². The molecule has 2 atom stereocenters. The van der Waals surface area contributed by atoms with E-state index in [1.807, 2.05) is 0 Å². The van der Waals surface area contributed by atoms with Crippen LogP contribution in [0.3, 0.4) is 0 Å². The Bertz CT molecular complexity index is 322. The van der Waals surface area contributed by atoms with E-state index in [-0.39, 0.29) is 12.1 Å². The lowest BCUT2D eigenvalue weighted by Crippen LogP contribution is -2.27. The summed E-state index contributed by atoms with van der Waals surface area (Å²) >= 11 is 0. The van der Waals surface area contributed by atoms with Crippen LogP contribution < -0.4 is 5.73 Å². The van der Waals surface area contributed by atoms with Crippen LogP contribution in [0.2, 0.25) is 0 Å². The van der Waals surface area contributed by atoms with E-state index >= 15 is 0 Å². The molecule has 0 saturated heterocycles. The van der Waals surface area contributed by atoms with Crippen molar-refractivity contribution in [1.29, 1.82) is 0 Å². The maximum absolute atomic E-state index is 12.6. The van der Waals surface area contributed by atoms with Gasteiger partial charge in [0.1, 0.15) is 6.10 Å². The van der Waals surface area contributed by atoms with Crippen molar-refractivity contribution in [3.05, 3.63) is 29.6 Å². The van der Waals surface area contributed by atoms with Crippen molar-refractivity contribution in [2.24, 2.45) is 5.73 Å². The number of nitrogens with two attached hydrogens (primary N) is 1. The maximum Gasteiger partial charge on any atom is 0.248 e. The molecule has 6 heteroatoms. The fraction of sp³-hybridized carbons (Fsp3) is 0.375. The molecular formula is C8H10F2N2O2. The topological polar surface area (TPSA) is 79.4 Å². The van der Waals surface area contributed by atoms with Gasteiger partial charge in [0.15, 0.2) is 5.82 Å². The summed E-state index contributed by atoms with van der Waals surface area (Å²) in [7, 11) is 0. The van der Waals surface area contributed by atoms with Gasteiger partial charge in [0.25, 0.3) is 0 Å². The van der Waals surface area contributed by atoms with Crippen LogP contribution in [0.25, 0.3) is 0 Å². The molecule has 0 spiro atoms. The highest BCUT2D eigenvalue weighted by molar-refractivity contribution is 5.15. The van der Waals surface area contributed by atoms with Crippen molar-refractivity contribution < 1.29 is 19.0 Å².